The Labute approximate surface area is 115 Å². The van der Waals surface area contributed by atoms with Crippen molar-refractivity contribution in [2.75, 3.05) is 13.1 Å². The molecule has 1 aromatic rings. The first-order valence-corrected chi connectivity index (χ1v) is 7.17. The normalized spacial score (nSPS) is 23.1. The average Bonchev–Trinajstić information content (AvgIpc) is 2.37. The number of carbonyl (C=O) groups excluding carboxylic acids is 1. The van der Waals surface area contributed by atoms with E-state index in [-0.39, 0.29) is 5.91 Å². The first-order chi connectivity index (χ1) is 9.08. The van der Waals surface area contributed by atoms with Crippen molar-refractivity contribution in [3.63, 3.8) is 0 Å². The minimum Gasteiger partial charge on any atom is -0.350 e. The molecule has 0 aromatic heterocycles. The second kappa shape index (κ2) is 6.20. The maximum atomic E-state index is 12.2. The average molecular weight is 260 g/mol. The van der Waals surface area contributed by atoms with Gasteiger partial charge in [0, 0.05) is 18.2 Å². The fourth-order valence-electron chi connectivity index (χ4n) is 2.75. The Hall–Kier alpha value is -1.35. The molecule has 19 heavy (non-hydrogen) atoms. The van der Waals surface area contributed by atoms with E-state index in [1.807, 2.05) is 26.0 Å². The Morgan fingerprint density at radius 1 is 1.42 bits per heavy atom. The maximum absolute atomic E-state index is 12.2. The molecule has 3 nitrogen and oxygen atoms in total. The number of carbonyl (C=O) groups is 1. The quantitative estimate of drug-likeness (QED) is 0.876. The summed E-state index contributed by atoms with van der Waals surface area (Å²) >= 11 is 0. The minimum atomic E-state index is 0.0390. The Morgan fingerprint density at radius 2 is 2.21 bits per heavy atom. The van der Waals surface area contributed by atoms with Crippen molar-refractivity contribution in [2.24, 2.45) is 5.92 Å². The van der Waals surface area contributed by atoms with Crippen LogP contribution in [0.2, 0.25) is 0 Å². The van der Waals surface area contributed by atoms with Gasteiger partial charge in [0.2, 0.25) is 0 Å². The fraction of sp³-hybridized carbons (Fsp3) is 0.562. The van der Waals surface area contributed by atoms with Gasteiger partial charge >= 0.3 is 0 Å². The predicted octanol–water partition coefficient (Wildman–Crippen LogP) is 2.42. The van der Waals surface area contributed by atoms with Crippen LogP contribution in [0.15, 0.2) is 18.2 Å². The van der Waals surface area contributed by atoms with Crippen LogP contribution in [-0.2, 0) is 0 Å². The summed E-state index contributed by atoms with van der Waals surface area (Å²) in [6, 6.07) is 6.36. The molecular formula is C16H24N2O. The van der Waals surface area contributed by atoms with E-state index in [2.05, 4.69) is 23.6 Å². The number of hydrogen-bond donors (Lipinski definition) is 2. The molecule has 0 saturated carbocycles. The molecule has 0 radical (unpaired) electrons. The molecule has 1 saturated heterocycles. The van der Waals surface area contributed by atoms with E-state index in [9.17, 15) is 4.79 Å². The van der Waals surface area contributed by atoms with Crippen LogP contribution in [0.25, 0.3) is 0 Å². The smallest absolute Gasteiger partial charge is 0.251 e. The van der Waals surface area contributed by atoms with Crippen LogP contribution in [0.5, 0.6) is 0 Å². The number of benzene rings is 1. The summed E-state index contributed by atoms with van der Waals surface area (Å²) in [5, 5.41) is 6.54. The summed E-state index contributed by atoms with van der Waals surface area (Å²) < 4.78 is 0. The zero-order valence-electron chi connectivity index (χ0n) is 12.1. The maximum Gasteiger partial charge on any atom is 0.251 e. The molecule has 3 heteroatoms. The highest BCUT2D eigenvalue weighted by Gasteiger charge is 2.21. The highest BCUT2D eigenvalue weighted by Crippen LogP contribution is 2.15. The molecule has 2 atom stereocenters. The van der Waals surface area contributed by atoms with Gasteiger partial charge in [-0.1, -0.05) is 24.6 Å². The van der Waals surface area contributed by atoms with E-state index in [1.54, 1.807) is 0 Å². The number of aryl methyl sites for hydroxylation is 2. The molecule has 0 bridgehead atoms. The molecule has 2 N–H and O–H groups in total. The van der Waals surface area contributed by atoms with E-state index in [4.69, 9.17) is 0 Å². The minimum absolute atomic E-state index is 0.0390. The third-order valence-corrected chi connectivity index (χ3v) is 4.04. The van der Waals surface area contributed by atoms with E-state index in [0.717, 1.165) is 17.7 Å². The molecule has 1 fully saturated rings. The standard InChI is InChI=1S/C16H24N2O/c1-11-6-7-14(13(3)9-11)16(19)18-10-15-12(2)5-4-8-17-15/h6-7,9,12,15,17H,4-5,8,10H2,1-3H3,(H,18,19). The summed E-state index contributed by atoms with van der Waals surface area (Å²) in [4.78, 5) is 12.2. The van der Waals surface area contributed by atoms with E-state index >= 15 is 0 Å². The topological polar surface area (TPSA) is 41.1 Å². The lowest BCUT2D eigenvalue weighted by Gasteiger charge is -2.30. The lowest BCUT2D eigenvalue weighted by molar-refractivity contribution is 0.0943. The summed E-state index contributed by atoms with van der Waals surface area (Å²) in [6.07, 6.45) is 2.49. The first kappa shape index (κ1) is 14.1. The fourth-order valence-corrected chi connectivity index (χ4v) is 2.75. The SMILES string of the molecule is Cc1ccc(C(=O)NCC2NCCCC2C)c(C)c1. The van der Waals surface area contributed by atoms with Crippen LogP contribution >= 0.6 is 0 Å². The largest absolute Gasteiger partial charge is 0.350 e. The van der Waals surface area contributed by atoms with Gasteiger partial charge in [-0.15, -0.1) is 0 Å². The van der Waals surface area contributed by atoms with Crippen LogP contribution < -0.4 is 10.6 Å². The van der Waals surface area contributed by atoms with Crippen molar-refractivity contribution in [1.82, 2.24) is 10.6 Å². The number of piperidine rings is 1. The molecule has 104 valence electrons. The van der Waals surface area contributed by atoms with Gasteiger partial charge in [-0.2, -0.15) is 0 Å². The summed E-state index contributed by atoms with van der Waals surface area (Å²) in [5.74, 6) is 0.672. The molecule has 1 aliphatic rings. The summed E-state index contributed by atoms with van der Waals surface area (Å²) in [7, 11) is 0. The summed E-state index contributed by atoms with van der Waals surface area (Å²) in [6.45, 7) is 8.06. The Balaban J connectivity index is 1.93. The predicted molar refractivity (Wildman–Crippen MR) is 78.4 cm³/mol. The molecule has 1 amide bonds. The van der Waals surface area contributed by atoms with Crippen molar-refractivity contribution in [3.8, 4) is 0 Å². The Bertz CT molecular complexity index is 456. The van der Waals surface area contributed by atoms with Gasteiger partial charge in [0.1, 0.15) is 0 Å². The number of hydrogen-bond acceptors (Lipinski definition) is 2. The second-order valence-electron chi connectivity index (χ2n) is 5.71. The van der Waals surface area contributed by atoms with Crippen molar-refractivity contribution in [1.29, 1.82) is 0 Å². The highest BCUT2D eigenvalue weighted by atomic mass is 16.1. The van der Waals surface area contributed by atoms with Crippen LogP contribution in [-0.4, -0.2) is 25.0 Å². The molecule has 0 spiro atoms. The third kappa shape index (κ3) is 3.57. The van der Waals surface area contributed by atoms with Gasteiger partial charge in [-0.3, -0.25) is 4.79 Å². The van der Waals surface area contributed by atoms with Crippen LogP contribution in [0, 0.1) is 19.8 Å². The van der Waals surface area contributed by atoms with Gasteiger partial charge in [-0.05, 0) is 50.8 Å². The van der Waals surface area contributed by atoms with Gasteiger partial charge in [0.25, 0.3) is 5.91 Å². The van der Waals surface area contributed by atoms with E-state index in [1.165, 1.54) is 18.4 Å². The molecule has 1 aromatic carbocycles. The number of amides is 1. The van der Waals surface area contributed by atoms with Crippen molar-refractivity contribution in [2.45, 2.75) is 39.7 Å². The van der Waals surface area contributed by atoms with Crippen molar-refractivity contribution >= 4 is 5.91 Å². The van der Waals surface area contributed by atoms with Gasteiger partial charge < -0.3 is 10.6 Å². The molecular weight excluding hydrogens is 236 g/mol. The second-order valence-corrected chi connectivity index (χ2v) is 5.71. The third-order valence-electron chi connectivity index (χ3n) is 4.04. The van der Waals surface area contributed by atoms with Crippen LogP contribution in [0.3, 0.4) is 0 Å². The van der Waals surface area contributed by atoms with Gasteiger partial charge in [0.05, 0.1) is 0 Å². The Morgan fingerprint density at radius 3 is 2.89 bits per heavy atom. The molecule has 1 heterocycles. The summed E-state index contributed by atoms with van der Waals surface area (Å²) in [5.41, 5.74) is 3.02. The van der Waals surface area contributed by atoms with E-state index < -0.39 is 0 Å². The van der Waals surface area contributed by atoms with Crippen LogP contribution in [0.4, 0.5) is 0 Å². The zero-order valence-corrected chi connectivity index (χ0v) is 12.1. The highest BCUT2D eigenvalue weighted by molar-refractivity contribution is 5.95. The van der Waals surface area contributed by atoms with Crippen LogP contribution in [0.1, 0.15) is 41.3 Å². The first-order valence-electron chi connectivity index (χ1n) is 7.17. The number of nitrogens with one attached hydrogen (secondary N) is 2. The van der Waals surface area contributed by atoms with Crippen molar-refractivity contribution < 1.29 is 4.79 Å². The van der Waals surface area contributed by atoms with Gasteiger partial charge in [0.15, 0.2) is 0 Å². The molecule has 2 unspecified atom stereocenters. The van der Waals surface area contributed by atoms with E-state index in [0.29, 0.717) is 18.5 Å². The molecule has 0 aliphatic carbocycles. The van der Waals surface area contributed by atoms with Gasteiger partial charge in [-0.25, -0.2) is 0 Å². The lowest BCUT2D eigenvalue weighted by Crippen LogP contribution is -2.47. The Kier molecular flexibility index (Phi) is 4.59. The number of rotatable bonds is 3. The lowest BCUT2D eigenvalue weighted by atomic mass is 9.92. The molecule has 2 rings (SSSR count). The monoisotopic (exact) mass is 260 g/mol. The van der Waals surface area contributed by atoms with Crippen molar-refractivity contribution in [3.05, 3.63) is 34.9 Å². The molecule has 1 aliphatic heterocycles. The zero-order chi connectivity index (χ0) is 13.8.